The lowest BCUT2D eigenvalue weighted by molar-refractivity contribution is -0.146. The number of aliphatic carboxylic acids is 1. The van der Waals surface area contributed by atoms with Crippen LogP contribution in [0.2, 0.25) is 0 Å². The van der Waals surface area contributed by atoms with Crippen molar-refractivity contribution < 1.29 is 24.2 Å². The summed E-state index contributed by atoms with van der Waals surface area (Å²) in [5.41, 5.74) is 4.58. The molecule has 0 radical (unpaired) electrons. The van der Waals surface area contributed by atoms with Gasteiger partial charge in [0.2, 0.25) is 5.91 Å². The van der Waals surface area contributed by atoms with Crippen molar-refractivity contribution in [1.29, 1.82) is 0 Å². The van der Waals surface area contributed by atoms with Crippen LogP contribution in [-0.4, -0.2) is 53.7 Å². The molecule has 2 N–H and O–H groups in total. The Morgan fingerprint density at radius 3 is 2.15 bits per heavy atom. The third kappa shape index (κ3) is 5.24. The number of nitrogens with one attached hydrogen (secondary N) is 1. The summed E-state index contributed by atoms with van der Waals surface area (Å²) in [4.78, 5) is 38.3. The molecule has 2 aromatic carbocycles. The number of carboxylic acids is 1. The Kier molecular flexibility index (Phi) is 7.20. The zero-order chi connectivity index (χ0) is 24.2. The largest absolute Gasteiger partial charge is 0.481 e. The Hall–Kier alpha value is -3.35. The summed E-state index contributed by atoms with van der Waals surface area (Å²) in [5, 5.41) is 11.7. The predicted octanol–water partition coefficient (Wildman–Crippen LogP) is 4.26. The maximum Gasteiger partial charge on any atom is 0.407 e. The van der Waals surface area contributed by atoms with Crippen LogP contribution in [-0.2, 0) is 14.3 Å². The lowest BCUT2D eigenvalue weighted by Gasteiger charge is -2.40. The fourth-order valence-electron chi connectivity index (χ4n) is 4.89. The highest BCUT2D eigenvalue weighted by Crippen LogP contribution is 2.44. The molecule has 1 unspecified atom stereocenters. The number of carboxylic acid groups (broad SMARTS) is 1. The number of amides is 2. The first-order valence-electron chi connectivity index (χ1n) is 12.0. The lowest BCUT2D eigenvalue weighted by atomic mass is 9.94. The molecular weight excluding hydrogens is 432 g/mol. The molecule has 7 nitrogen and oxygen atoms in total. The van der Waals surface area contributed by atoms with Gasteiger partial charge in [-0.15, -0.1) is 0 Å². The summed E-state index contributed by atoms with van der Waals surface area (Å²) < 4.78 is 5.63. The van der Waals surface area contributed by atoms with Crippen LogP contribution < -0.4 is 5.32 Å². The fraction of sp³-hybridized carbons (Fsp3) is 0.444. The van der Waals surface area contributed by atoms with Crippen molar-refractivity contribution in [2.45, 2.75) is 45.1 Å². The van der Waals surface area contributed by atoms with Gasteiger partial charge in [0.05, 0.1) is 6.42 Å². The molecule has 2 aromatic rings. The fourth-order valence-corrected chi connectivity index (χ4v) is 4.89. The summed E-state index contributed by atoms with van der Waals surface area (Å²) in [7, 11) is 0. The number of hydrogen-bond donors (Lipinski definition) is 2. The summed E-state index contributed by atoms with van der Waals surface area (Å²) in [6.07, 6.45) is 0.750. The van der Waals surface area contributed by atoms with Gasteiger partial charge in [0.15, 0.2) is 0 Å². The van der Waals surface area contributed by atoms with Crippen LogP contribution in [0, 0.1) is 11.8 Å². The van der Waals surface area contributed by atoms with Crippen LogP contribution in [0.3, 0.4) is 0 Å². The van der Waals surface area contributed by atoms with Gasteiger partial charge >= 0.3 is 12.1 Å². The molecule has 0 spiro atoms. The second-order valence-corrected chi connectivity index (χ2v) is 9.70. The third-order valence-corrected chi connectivity index (χ3v) is 6.70. The van der Waals surface area contributed by atoms with E-state index >= 15 is 0 Å². The molecule has 0 aromatic heterocycles. The molecule has 2 aliphatic rings. The summed E-state index contributed by atoms with van der Waals surface area (Å²) in [5.74, 6) is -0.714. The van der Waals surface area contributed by atoms with Crippen LogP contribution >= 0.6 is 0 Å². The standard InChI is InChI=1S/C27H32N2O5/c1-17(2)11-12-24(26(32)29-14-18(15-29)13-25(30)31)28-27(33)34-16-23-21-9-5-3-7-19(21)20-8-4-6-10-22(20)23/h3-10,17-18,23-24H,11-16H2,1-2H3,(H,28,33)(H,30,31). The van der Waals surface area contributed by atoms with E-state index in [9.17, 15) is 14.4 Å². The van der Waals surface area contributed by atoms with Gasteiger partial charge < -0.3 is 20.1 Å². The number of likely N-dealkylation sites (tertiary alicyclic amines) is 1. The molecule has 2 amide bonds. The molecule has 1 atom stereocenters. The maximum atomic E-state index is 13.0. The molecule has 1 heterocycles. The Bertz CT molecular complexity index is 1010. The Labute approximate surface area is 200 Å². The number of fused-ring (bicyclic) bond motifs is 3. The van der Waals surface area contributed by atoms with E-state index in [1.807, 2.05) is 24.3 Å². The summed E-state index contributed by atoms with van der Waals surface area (Å²) in [6.45, 7) is 5.16. The first-order valence-corrected chi connectivity index (χ1v) is 12.0. The zero-order valence-electron chi connectivity index (χ0n) is 19.7. The van der Waals surface area contributed by atoms with E-state index in [1.165, 1.54) is 0 Å². The lowest BCUT2D eigenvalue weighted by Crippen LogP contribution is -2.57. The number of carbonyl (C=O) groups is 3. The van der Waals surface area contributed by atoms with Crippen molar-refractivity contribution in [2.75, 3.05) is 19.7 Å². The van der Waals surface area contributed by atoms with E-state index < -0.39 is 18.1 Å². The first kappa shape index (κ1) is 23.8. The quantitative estimate of drug-likeness (QED) is 0.578. The van der Waals surface area contributed by atoms with E-state index in [2.05, 4.69) is 43.4 Å². The van der Waals surface area contributed by atoms with Crippen molar-refractivity contribution in [1.82, 2.24) is 10.2 Å². The Morgan fingerprint density at radius 1 is 1.00 bits per heavy atom. The van der Waals surface area contributed by atoms with Crippen LogP contribution in [0.25, 0.3) is 11.1 Å². The van der Waals surface area contributed by atoms with Crippen molar-refractivity contribution in [2.24, 2.45) is 11.8 Å². The molecule has 180 valence electrons. The number of nitrogens with zero attached hydrogens (tertiary/aromatic N) is 1. The molecule has 34 heavy (non-hydrogen) atoms. The van der Waals surface area contributed by atoms with Gasteiger partial charge in [-0.3, -0.25) is 9.59 Å². The number of rotatable bonds is 9. The molecule has 1 aliphatic heterocycles. The second kappa shape index (κ2) is 10.3. The van der Waals surface area contributed by atoms with Crippen LogP contribution in [0.4, 0.5) is 4.79 Å². The third-order valence-electron chi connectivity index (χ3n) is 6.70. The van der Waals surface area contributed by atoms with Gasteiger partial charge in [-0.2, -0.15) is 0 Å². The Balaban J connectivity index is 1.37. The zero-order valence-corrected chi connectivity index (χ0v) is 19.7. The molecular formula is C27H32N2O5. The van der Waals surface area contributed by atoms with Crippen LogP contribution in [0.15, 0.2) is 48.5 Å². The van der Waals surface area contributed by atoms with E-state index in [1.54, 1.807) is 4.90 Å². The second-order valence-electron chi connectivity index (χ2n) is 9.70. The highest BCUT2D eigenvalue weighted by atomic mass is 16.5. The topological polar surface area (TPSA) is 95.9 Å². The number of ether oxygens (including phenoxy) is 1. The monoisotopic (exact) mass is 464 g/mol. The average molecular weight is 465 g/mol. The SMILES string of the molecule is CC(C)CCC(NC(=O)OCC1c2ccccc2-c2ccccc21)C(=O)N1CC(CC(=O)O)C1. The molecule has 1 saturated heterocycles. The predicted molar refractivity (Wildman–Crippen MR) is 128 cm³/mol. The molecule has 0 bridgehead atoms. The van der Waals surface area contributed by atoms with Gasteiger partial charge in [0, 0.05) is 24.9 Å². The van der Waals surface area contributed by atoms with Crippen molar-refractivity contribution in [3.63, 3.8) is 0 Å². The first-order chi connectivity index (χ1) is 16.3. The maximum absolute atomic E-state index is 13.0. The normalized spacial score (nSPS) is 15.9. The van der Waals surface area contributed by atoms with Crippen molar-refractivity contribution in [3.05, 3.63) is 59.7 Å². The minimum Gasteiger partial charge on any atom is -0.481 e. The molecule has 4 rings (SSSR count). The van der Waals surface area contributed by atoms with Gasteiger partial charge in [0.25, 0.3) is 0 Å². The van der Waals surface area contributed by atoms with Gasteiger partial charge in [-0.1, -0.05) is 62.4 Å². The molecule has 1 aliphatic carbocycles. The minimum absolute atomic E-state index is 0.0262. The molecule has 1 fully saturated rings. The van der Waals surface area contributed by atoms with Crippen molar-refractivity contribution >= 4 is 18.0 Å². The van der Waals surface area contributed by atoms with Gasteiger partial charge in [-0.05, 0) is 41.0 Å². The number of benzene rings is 2. The van der Waals surface area contributed by atoms with Crippen molar-refractivity contribution in [3.8, 4) is 11.1 Å². The number of carbonyl (C=O) groups excluding carboxylic acids is 2. The van der Waals surface area contributed by atoms with Gasteiger partial charge in [0.1, 0.15) is 12.6 Å². The molecule has 7 heteroatoms. The molecule has 0 saturated carbocycles. The number of hydrogen-bond acceptors (Lipinski definition) is 4. The minimum atomic E-state index is -0.856. The van der Waals surface area contributed by atoms with E-state index in [-0.39, 0.29) is 30.8 Å². The average Bonchev–Trinajstić information content (AvgIpc) is 3.10. The van der Waals surface area contributed by atoms with Crippen LogP contribution in [0.1, 0.15) is 50.2 Å². The highest BCUT2D eigenvalue weighted by molar-refractivity contribution is 5.86. The van der Waals surface area contributed by atoms with E-state index in [0.717, 1.165) is 28.7 Å². The highest BCUT2D eigenvalue weighted by Gasteiger charge is 2.36. The summed E-state index contributed by atoms with van der Waals surface area (Å²) in [6, 6.07) is 15.6. The van der Waals surface area contributed by atoms with Gasteiger partial charge in [-0.25, -0.2) is 4.79 Å². The number of alkyl carbamates (subject to hydrolysis) is 1. The van der Waals surface area contributed by atoms with Crippen LogP contribution in [0.5, 0.6) is 0 Å². The summed E-state index contributed by atoms with van der Waals surface area (Å²) >= 11 is 0. The van der Waals surface area contributed by atoms with E-state index in [0.29, 0.717) is 25.4 Å². The Morgan fingerprint density at radius 2 is 1.59 bits per heavy atom. The van der Waals surface area contributed by atoms with E-state index in [4.69, 9.17) is 9.84 Å². The smallest absolute Gasteiger partial charge is 0.407 e.